The van der Waals surface area contributed by atoms with E-state index < -0.39 is 5.97 Å². The Morgan fingerprint density at radius 1 is 1.30 bits per heavy atom. The molecule has 3 aromatic rings. The van der Waals surface area contributed by atoms with E-state index >= 15 is 0 Å². The molecular formula is C15H15N3O2. The molecule has 0 saturated carbocycles. The summed E-state index contributed by atoms with van der Waals surface area (Å²) < 4.78 is 1.59. The van der Waals surface area contributed by atoms with Gasteiger partial charge in [-0.25, -0.2) is 4.79 Å². The largest absolute Gasteiger partial charge is 0.476 e. The number of carboxylic acid groups (broad SMARTS) is 1. The van der Waals surface area contributed by atoms with Crippen molar-refractivity contribution in [1.82, 2.24) is 14.8 Å². The van der Waals surface area contributed by atoms with Gasteiger partial charge in [-0.3, -0.25) is 4.68 Å². The Balaban J connectivity index is 2.17. The number of hydrogen-bond acceptors (Lipinski definition) is 2. The van der Waals surface area contributed by atoms with Gasteiger partial charge in [0.25, 0.3) is 0 Å². The third kappa shape index (κ3) is 1.79. The third-order valence-electron chi connectivity index (χ3n) is 3.70. The van der Waals surface area contributed by atoms with Gasteiger partial charge >= 0.3 is 5.97 Å². The van der Waals surface area contributed by atoms with E-state index in [1.807, 2.05) is 19.1 Å². The molecule has 0 bridgehead atoms. The molecule has 0 unspecified atom stereocenters. The summed E-state index contributed by atoms with van der Waals surface area (Å²) in [7, 11) is 1.75. The minimum absolute atomic E-state index is 0.0569. The van der Waals surface area contributed by atoms with Crippen LogP contribution >= 0.6 is 0 Å². The van der Waals surface area contributed by atoms with E-state index in [1.165, 1.54) is 10.9 Å². The zero-order valence-corrected chi connectivity index (χ0v) is 11.6. The molecule has 5 nitrogen and oxygen atoms in total. The number of aryl methyl sites for hydroxylation is 3. The minimum atomic E-state index is -1.01. The second-order valence-electron chi connectivity index (χ2n) is 4.98. The first-order valence-corrected chi connectivity index (χ1v) is 6.34. The van der Waals surface area contributed by atoms with Crippen molar-refractivity contribution >= 4 is 16.9 Å². The number of carboxylic acids is 1. The van der Waals surface area contributed by atoms with Crippen LogP contribution in [0.1, 0.15) is 21.7 Å². The molecule has 0 aliphatic carbocycles. The highest BCUT2D eigenvalue weighted by molar-refractivity contribution is 5.90. The molecule has 20 heavy (non-hydrogen) atoms. The summed E-state index contributed by atoms with van der Waals surface area (Å²) in [5, 5.41) is 14.2. The molecule has 0 radical (unpaired) electrons. The van der Waals surface area contributed by atoms with Crippen LogP contribution in [0, 0.1) is 13.8 Å². The lowest BCUT2D eigenvalue weighted by Gasteiger charge is -2.02. The Morgan fingerprint density at radius 2 is 2.05 bits per heavy atom. The number of benzene rings is 1. The molecule has 102 valence electrons. The zero-order valence-electron chi connectivity index (χ0n) is 11.6. The molecule has 0 amide bonds. The molecule has 1 aromatic carbocycles. The third-order valence-corrected chi connectivity index (χ3v) is 3.70. The van der Waals surface area contributed by atoms with E-state index in [9.17, 15) is 4.79 Å². The first-order valence-electron chi connectivity index (χ1n) is 6.34. The first-order chi connectivity index (χ1) is 9.47. The van der Waals surface area contributed by atoms with Crippen LogP contribution in [0.4, 0.5) is 0 Å². The fourth-order valence-electron chi connectivity index (χ4n) is 2.47. The number of fused-ring (bicyclic) bond motifs is 1. The number of aromatic nitrogens is 3. The SMILES string of the molecule is Cc1[nH]c2cc(-c3cc(C(=O)O)nn3C)ccc2c1C. The molecule has 3 rings (SSSR count). The Morgan fingerprint density at radius 3 is 2.70 bits per heavy atom. The van der Waals surface area contributed by atoms with Gasteiger partial charge in [0.2, 0.25) is 0 Å². The van der Waals surface area contributed by atoms with E-state index in [0.29, 0.717) is 0 Å². The van der Waals surface area contributed by atoms with Gasteiger partial charge in [-0.15, -0.1) is 0 Å². The zero-order chi connectivity index (χ0) is 14.4. The van der Waals surface area contributed by atoms with E-state index in [4.69, 9.17) is 5.11 Å². The average Bonchev–Trinajstić information content (AvgIpc) is 2.91. The van der Waals surface area contributed by atoms with E-state index in [1.54, 1.807) is 17.8 Å². The second kappa shape index (κ2) is 4.23. The summed E-state index contributed by atoms with van der Waals surface area (Å²) in [6.07, 6.45) is 0. The van der Waals surface area contributed by atoms with E-state index in [0.717, 1.165) is 22.5 Å². The summed E-state index contributed by atoms with van der Waals surface area (Å²) in [6.45, 7) is 4.13. The quantitative estimate of drug-likeness (QED) is 0.751. The maximum absolute atomic E-state index is 11.0. The van der Waals surface area contributed by atoms with Gasteiger partial charge in [-0.2, -0.15) is 5.10 Å². The summed E-state index contributed by atoms with van der Waals surface area (Å²) >= 11 is 0. The predicted molar refractivity (Wildman–Crippen MR) is 76.9 cm³/mol. The summed E-state index contributed by atoms with van der Waals surface area (Å²) in [4.78, 5) is 14.3. The van der Waals surface area contributed by atoms with Crippen LogP contribution < -0.4 is 0 Å². The molecule has 5 heteroatoms. The summed E-state index contributed by atoms with van der Waals surface area (Å²) in [6, 6.07) is 7.66. The number of nitrogens with zero attached hydrogens (tertiary/aromatic N) is 2. The number of H-pyrrole nitrogens is 1. The minimum Gasteiger partial charge on any atom is -0.476 e. The van der Waals surface area contributed by atoms with Gasteiger partial charge < -0.3 is 10.1 Å². The van der Waals surface area contributed by atoms with Crippen molar-refractivity contribution in [1.29, 1.82) is 0 Å². The molecule has 0 aliphatic rings. The number of rotatable bonds is 2. The van der Waals surface area contributed by atoms with Gasteiger partial charge in [0.15, 0.2) is 5.69 Å². The number of hydrogen-bond donors (Lipinski definition) is 2. The van der Waals surface area contributed by atoms with Crippen molar-refractivity contribution in [3.63, 3.8) is 0 Å². The molecule has 0 atom stereocenters. The van der Waals surface area contributed by atoms with Crippen molar-refractivity contribution < 1.29 is 9.90 Å². The second-order valence-corrected chi connectivity index (χ2v) is 4.98. The van der Waals surface area contributed by atoms with Crippen LogP contribution in [0.15, 0.2) is 24.3 Å². The Labute approximate surface area is 115 Å². The average molecular weight is 269 g/mol. The van der Waals surface area contributed by atoms with Crippen molar-refractivity contribution in [2.24, 2.45) is 7.05 Å². The van der Waals surface area contributed by atoms with E-state index in [-0.39, 0.29) is 5.69 Å². The Hall–Kier alpha value is -2.56. The van der Waals surface area contributed by atoms with Crippen LogP contribution in [-0.4, -0.2) is 25.8 Å². The molecule has 0 fully saturated rings. The standard InChI is InChI=1S/C15H15N3O2/c1-8-9(2)16-12-6-10(4-5-11(8)12)14-7-13(15(19)20)17-18(14)3/h4-7,16H,1-3H3,(H,19,20). The molecule has 2 heterocycles. The van der Waals surface area contributed by atoms with Gasteiger partial charge in [-0.05, 0) is 31.5 Å². The van der Waals surface area contributed by atoms with Gasteiger partial charge in [0.05, 0.1) is 5.69 Å². The van der Waals surface area contributed by atoms with Gasteiger partial charge in [-0.1, -0.05) is 12.1 Å². The van der Waals surface area contributed by atoms with Crippen molar-refractivity contribution in [3.05, 3.63) is 41.2 Å². The van der Waals surface area contributed by atoms with Crippen molar-refractivity contribution in [2.75, 3.05) is 0 Å². The van der Waals surface area contributed by atoms with Gasteiger partial charge in [0.1, 0.15) is 0 Å². The number of aromatic carboxylic acids is 1. The van der Waals surface area contributed by atoms with Crippen molar-refractivity contribution in [3.8, 4) is 11.3 Å². The monoisotopic (exact) mass is 269 g/mol. The molecule has 0 saturated heterocycles. The topological polar surface area (TPSA) is 70.9 Å². The fraction of sp³-hybridized carbons (Fsp3) is 0.200. The lowest BCUT2D eigenvalue weighted by Crippen LogP contribution is -1.99. The number of carbonyl (C=O) groups is 1. The fourth-order valence-corrected chi connectivity index (χ4v) is 2.47. The van der Waals surface area contributed by atoms with E-state index in [2.05, 4.69) is 23.1 Å². The highest BCUT2D eigenvalue weighted by Crippen LogP contribution is 2.27. The smallest absolute Gasteiger partial charge is 0.356 e. The van der Waals surface area contributed by atoms with Crippen LogP contribution in [-0.2, 0) is 7.05 Å². The Bertz CT molecular complexity index is 827. The maximum Gasteiger partial charge on any atom is 0.356 e. The highest BCUT2D eigenvalue weighted by atomic mass is 16.4. The molecule has 2 aromatic heterocycles. The highest BCUT2D eigenvalue weighted by Gasteiger charge is 2.13. The number of aromatic amines is 1. The van der Waals surface area contributed by atoms with Crippen LogP contribution in [0.25, 0.3) is 22.2 Å². The lowest BCUT2D eigenvalue weighted by molar-refractivity contribution is 0.0689. The molecule has 2 N–H and O–H groups in total. The normalized spacial score (nSPS) is 11.2. The molecular weight excluding hydrogens is 254 g/mol. The lowest BCUT2D eigenvalue weighted by atomic mass is 10.1. The molecule has 0 spiro atoms. The van der Waals surface area contributed by atoms with Crippen molar-refractivity contribution in [2.45, 2.75) is 13.8 Å². The Kier molecular flexibility index (Phi) is 2.64. The maximum atomic E-state index is 11.0. The first kappa shape index (κ1) is 12.5. The van der Waals surface area contributed by atoms with Crippen LogP contribution in [0.3, 0.4) is 0 Å². The molecule has 0 aliphatic heterocycles. The van der Waals surface area contributed by atoms with Gasteiger partial charge in [0, 0.05) is 29.2 Å². The number of nitrogens with one attached hydrogen (secondary N) is 1. The predicted octanol–water partition coefficient (Wildman–Crippen LogP) is 2.88. The van der Waals surface area contributed by atoms with Crippen LogP contribution in [0.5, 0.6) is 0 Å². The van der Waals surface area contributed by atoms with Crippen LogP contribution in [0.2, 0.25) is 0 Å². The summed E-state index contributed by atoms with van der Waals surface area (Å²) in [5.74, 6) is -1.01. The summed E-state index contributed by atoms with van der Waals surface area (Å²) in [5.41, 5.74) is 5.23.